The van der Waals surface area contributed by atoms with Gasteiger partial charge in [0.1, 0.15) is 6.73 Å². The summed E-state index contributed by atoms with van der Waals surface area (Å²) in [6, 6.07) is 6.52. The Hall–Kier alpha value is -1.02. The van der Waals surface area contributed by atoms with Crippen molar-refractivity contribution in [3.63, 3.8) is 0 Å². The van der Waals surface area contributed by atoms with Gasteiger partial charge >= 0.3 is 0 Å². The maximum atomic E-state index is 4.99. The zero-order valence-corrected chi connectivity index (χ0v) is 9.42. The van der Waals surface area contributed by atoms with Crippen molar-refractivity contribution in [3.8, 4) is 0 Å². The van der Waals surface area contributed by atoms with Crippen LogP contribution in [0.3, 0.4) is 0 Å². The number of methoxy groups -OCH3 is 1. The van der Waals surface area contributed by atoms with Crippen molar-refractivity contribution in [2.24, 2.45) is 0 Å². The van der Waals surface area contributed by atoms with E-state index in [-0.39, 0.29) is 0 Å². The second kappa shape index (κ2) is 5.01. The minimum absolute atomic E-state index is 0.558. The van der Waals surface area contributed by atoms with Gasteiger partial charge in [0.2, 0.25) is 0 Å². The number of hydrogen-bond donors (Lipinski definition) is 1. The van der Waals surface area contributed by atoms with Crippen LogP contribution in [0, 0.1) is 6.92 Å². The molecule has 0 aliphatic rings. The van der Waals surface area contributed by atoms with Crippen LogP contribution in [0.25, 0.3) is 0 Å². The summed E-state index contributed by atoms with van der Waals surface area (Å²) < 4.78 is 4.99. The van der Waals surface area contributed by atoms with Gasteiger partial charge in [0, 0.05) is 12.8 Å². The molecular weight excluding hydrogens is 174 g/mol. The molecule has 1 aromatic rings. The molecule has 0 bridgehead atoms. The Kier molecular flexibility index (Phi) is 3.96. The molecule has 2 heteroatoms. The largest absolute Gasteiger partial charge is 0.365 e. The van der Waals surface area contributed by atoms with Gasteiger partial charge in [0.15, 0.2) is 0 Å². The normalized spacial score (nSPS) is 10.6. The van der Waals surface area contributed by atoms with Gasteiger partial charge in [0.25, 0.3) is 0 Å². The first-order chi connectivity index (χ1) is 6.65. The highest BCUT2D eigenvalue weighted by Gasteiger charge is 2.02. The van der Waals surface area contributed by atoms with E-state index in [1.165, 1.54) is 11.1 Å². The molecular formula is C12H19NO. The van der Waals surface area contributed by atoms with Crippen LogP contribution in [0.15, 0.2) is 18.2 Å². The van der Waals surface area contributed by atoms with Crippen LogP contribution >= 0.6 is 0 Å². The standard InChI is InChI=1S/C12H19NO/c1-9(2)11-6-5-10(3)12(7-11)13-8-14-4/h5-7,9,13H,8H2,1-4H3. The summed E-state index contributed by atoms with van der Waals surface area (Å²) in [4.78, 5) is 0. The van der Waals surface area contributed by atoms with E-state index in [4.69, 9.17) is 4.74 Å². The van der Waals surface area contributed by atoms with Crippen LogP contribution in [0.2, 0.25) is 0 Å². The molecule has 0 aliphatic heterocycles. The zero-order chi connectivity index (χ0) is 10.6. The van der Waals surface area contributed by atoms with Crippen LogP contribution in [0.4, 0.5) is 5.69 Å². The molecule has 78 valence electrons. The Balaban J connectivity index is 2.85. The van der Waals surface area contributed by atoms with Gasteiger partial charge in [-0.05, 0) is 30.0 Å². The van der Waals surface area contributed by atoms with Gasteiger partial charge in [0.05, 0.1) is 0 Å². The van der Waals surface area contributed by atoms with Crippen molar-refractivity contribution in [2.75, 3.05) is 19.2 Å². The fourth-order valence-corrected chi connectivity index (χ4v) is 1.34. The van der Waals surface area contributed by atoms with Crippen molar-refractivity contribution in [1.82, 2.24) is 0 Å². The highest BCUT2D eigenvalue weighted by molar-refractivity contribution is 5.52. The van der Waals surface area contributed by atoms with Gasteiger partial charge < -0.3 is 10.1 Å². The van der Waals surface area contributed by atoms with Crippen LogP contribution in [0.1, 0.15) is 30.9 Å². The first kappa shape index (κ1) is 11.1. The first-order valence-electron chi connectivity index (χ1n) is 4.98. The topological polar surface area (TPSA) is 21.3 Å². The van der Waals surface area contributed by atoms with Gasteiger partial charge in [-0.3, -0.25) is 0 Å². The molecule has 0 unspecified atom stereocenters. The fraction of sp³-hybridized carbons (Fsp3) is 0.500. The number of benzene rings is 1. The van der Waals surface area contributed by atoms with Crippen molar-refractivity contribution < 1.29 is 4.74 Å². The molecule has 2 nitrogen and oxygen atoms in total. The monoisotopic (exact) mass is 193 g/mol. The Morgan fingerprint density at radius 1 is 1.36 bits per heavy atom. The maximum Gasteiger partial charge on any atom is 0.116 e. The lowest BCUT2D eigenvalue weighted by Crippen LogP contribution is -2.05. The molecule has 1 rings (SSSR count). The van der Waals surface area contributed by atoms with Crippen molar-refractivity contribution in [3.05, 3.63) is 29.3 Å². The third kappa shape index (κ3) is 2.74. The quantitative estimate of drug-likeness (QED) is 0.742. The SMILES string of the molecule is COCNc1cc(C(C)C)ccc1C. The van der Waals surface area contributed by atoms with Crippen molar-refractivity contribution >= 4 is 5.69 Å². The highest BCUT2D eigenvalue weighted by atomic mass is 16.5. The molecule has 1 aromatic carbocycles. The molecule has 1 N–H and O–H groups in total. The second-order valence-electron chi connectivity index (χ2n) is 3.84. The molecule has 0 heterocycles. The third-order valence-electron chi connectivity index (χ3n) is 2.34. The van der Waals surface area contributed by atoms with Crippen LogP contribution in [0.5, 0.6) is 0 Å². The van der Waals surface area contributed by atoms with E-state index in [1.807, 2.05) is 0 Å². The lowest BCUT2D eigenvalue weighted by Gasteiger charge is -2.12. The average Bonchev–Trinajstić information content (AvgIpc) is 2.16. The zero-order valence-electron chi connectivity index (χ0n) is 9.42. The van der Waals surface area contributed by atoms with Crippen LogP contribution in [-0.4, -0.2) is 13.8 Å². The molecule has 0 aromatic heterocycles. The molecule has 0 fully saturated rings. The fourth-order valence-electron chi connectivity index (χ4n) is 1.34. The third-order valence-corrected chi connectivity index (χ3v) is 2.34. The van der Waals surface area contributed by atoms with Gasteiger partial charge in [-0.1, -0.05) is 26.0 Å². The van der Waals surface area contributed by atoms with E-state index in [0.717, 1.165) is 5.69 Å². The number of rotatable bonds is 4. The summed E-state index contributed by atoms with van der Waals surface area (Å²) in [6.45, 7) is 7.06. The summed E-state index contributed by atoms with van der Waals surface area (Å²) in [5.74, 6) is 0.568. The Bertz CT molecular complexity index is 294. The smallest absolute Gasteiger partial charge is 0.116 e. The lowest BCUT2D eigenvalue weighted by atomic mass is 10.0. The highest BCUT2D eigenvalue weighted by Crippen LogP contribution is 2.21. The summed E-state index contributed by atoms with van der Waals surface area (Å²) in [5.41, 5.74) is 3.78. The molecule has 0 saturated carbocycles. The van der Waals surface area contributed by atoms with Crippen molar-refractivity contribution in [2.45, 2.75) is 26.7 Å². The van der Waals surface area contributed by atoms with Crippen molar-refractivity contribution in [1.29, 1.82) is 0 Å². The van der Waals surface area contributed by atoms with Gasteiger partial charge in [-0.15, -0.1) is 0 Å². The minimum Gasteiger partial charge on any atom is -0.365 e. The molecule has 0 atom stereocenters. The number of nitrogens with one attached hydrogen (secondary N) is 1. The van der Waals surface area contributed by atoms with Gasteiger partial charge in [-0.25, -0.2) is 0 Å². The predicted molar refractivity (Wildman–Crippen MR) is 60.8 cm³/mol. The lowest BCUT2D eigenvalue weighted by molar-refractivity contribution is 0.221. The van der Waals surface area contributed by atoms with Gasteiger partial charge in [-0.2, -0.15) is 0 Å². The predicted octanol–water partition coefficient (Wildman–Crippen LogP) is 3.13. The molecule has 0 spiro atoms. The van der Waals surface area contributed by atoms with E-state index in [9.17, 15) is 0 Å². The molecule has 0 amide bonds. The second-order valence-corrected chi connectivity index (χ2v) is 3.84. The van der Waals surface area contributed by atoms with E-state index in [1.54, 1.807) is 7.11 Å². The number of aryl methyl sites for hydroxylation is 1. The van der Waals surface area contributed by atoms with Crippen LogP contribution < -0.4 is 5.32 Å². The Morgan fingerprint density at radius 3 is 2.64 bits per heavy atom. The summed E-state index contributed by atoms with van der Waals surface area (Å²) in [7, 11) is 1.69. The Labute approximate surface area is 86.3 Å². The number of hydrogen-bond acceptors (Lipinski definition) is 2. The van der Waals surface area contributed by atoms with E-state index < -0.39 is 0 Å². The van der Waals surface area contributed by atoms with E-state index in [0.29, 0.717) is 12.6 Å². The van der Waals surface area contributed by atoms with E-state index in [2.05, 4.69) is 44.3 Å². The minimum atomic E-state index is 0.558. The summed E-state index contributed by atoms with van der Waals surface area (Å²) in [6.07, 6.45) is 0. The summed E-state index contributed by atoms with van der Waals surface area (Å²) >= 11 is 0. The number of anilines is 1. The average molecular weight is 193 g/mol. The molecule has 0 radical (unpaired) electrons. The first-order valence-corrected chi connectivity index (χ1v) is 4.98. The molecule has 0 aliphatic carbocycles. The molecule has 0 saturated heterocycles. The summed E-state index contributed by atoms with van der Waals surface area (Å²) in [5, 5.41) is 3.24. The van der Waals surface area contributed by atoms with Crippen LogP contribution in [-0.2, 0) is 4.74 Å². The van der Waals surface area contributed by atoms with E-state index >= 15 is 0 Å². The number of ether oxygens (including phenoxy) is 1. The Morgan fingerprint density at radius 2 is 2.07 bits per heavy atom. The molecule has 14 heavy (non-hydrogen) atoms. The maximum absolute atomic E-state index is 4.99.